The summed E-state index contributed by atoms with van der Waals surface area (Å²) >= 11 is 0. The van der Waals surface area contributed by atoms with E-state index < -0.39 is 11.6 Å². The highest BCUT2D eigenvalue weighted by molar-refractivity contribution is 5.80. The number of rotatable bonds is 4. The Bertz CT molecular complexity index is 906. The smallest absolute Gasteiger partial charge is 0.293 e. The number of nitrogens with zero attached hydrogens (tertiary/aromatic N) is 5. The van der Waals surface area contributed by atoms with Gasteiger partial charge in [0.05, 0.1) is 0 Å². The minimum absolute atomic E-state index is 0.115. The van der Waals surface area contributed by atoms with E-state index in [0.29, 0.717) is 56.5 Å². The summed E-state index contributed by atoms with van der Waals surface area (Å²) in [6.07, 6.45) is 3.61. The summed E-state index contributed by atoms with van der Waals surface area (Å²) in [4.78, 5) is 24.8. The van der Waals surface area contributed by atoms with Crippen LogP contribution in [0.15, 0.2) is 40.4 Å². The van der Waals surface area contributed by atoms with Gasteiger partial charge in [-0.1, -0.05) is 0 Å². The number of piperazine rings is 1. The number of benzene rings is 1. The number of aliphatic imine (C=N–C) groups is 1. The molecule has 0 unspecified atom stereocenters. The van der Waals surface area contributed by atoms with E-state index in [1.54, 1.807) is 26.5 Å². The average molecular weight is 390 g/mol. The number of aryl methyl sites for hydroxylation is 1. The molecule has 1 N–H and O–H groups in total. The van der Waals surface area contributed by atoms with Crippen LogP contribution in [0.3, 0.4) is 0 Å². The zero-order valence-corrected chi connectivity index (χ0v) is 16.0. The quantitative estimate of drug-likeness (QED) is 0.623. The van der Waals surface area contributed by atoms with Crippen molar-refractivity contribution in [3.05, 3.63) is 58.1 Å². The van der Waals surface area contributed by atoms with Crippen LogP contribution in [0, 0.1) is 11.6 Å². The number of hydrogen-bond acceptors (Lipinski definition) is 4. The molecule has 150 valence electrons. The molecule has 9 heteroatoms. The molecule has 2 aromatic rings. The maximum atomic E-state index is 13.7. The Morgan fingerprint density at radius 2 is 2.00 bits per heavy atom. The first-order valence-electron chi connectivity index (χ1n) is 9.15. The minimum atomic E-state index is -0.447. The number of guanidine groups is 1. The van der Waals surface area contributed by atoms with Crippen molar-refractivity contribution in [3.63, 3.8) is 0 Å². The van der Waals surface area contributed by atoms with E-state index in [9.17, 15) is 13.6 Å². The zero-order chi connectivity index (χ0) is 20.1. The summed E-state index contributed by atoms with van der Waals surface area (Å²) in [5, 5.41) is 3.20. The second-order valence-corrected chi connectivity index (χ2v) is 6.60. The number of nitrogens with one attached hydrogen (secondary N) is 1. The highest BCUT2D eigenvalue weighted by atomic mass is 19.1. The molecule has 0 amide bonds. The Morgan fingerprint density at radius 1 is 1.25 bits per heavy atom. The van der Waals surface area contributed by atoms with E-state index in [0.717, 1.165) is 12.1 Å². The highest BCUT2D eigenvalue weighted by Gasteiger charge is 2.22. The van der Waals surface area contributed by atoms with Crippen molar-refractivity contribution in [2.24, 2.45) is 12.0 Å². The summed E-state index contributed by atoms with van der Waals surface area (Å²) in [6.45, 7) is 3.08. The van der Waals surface area contributed by atoms with E-state index in [-0.39, 0.29) is 5.56 Å². The normalized spacial score (nSPS) is 15.1. The molecular formula is C19H24F2N6O. The minimum Gasteiger partial charge on any atom is -0.356 e. The van der Waals surface area contributed by atoms with Crippen LogP contribution in [0.1, 0.15) is 5.56 Å². The molecule has 0 bridgehead atoms. The summed E-state index contributed by atoms with van der Waals surface area (Å²) in [6, 6.07) is 3.46. The first kappa shape index (κ1) is 19.8. The Labute approximate surface area is 162 Å². The molecule has 1 fully saturated rings. The van der Waals surface area contributed by atoms with Crippen LogP contribution >= 0.6 is 0 Å². The van der Waals surface area contributed by atoms with Gasteiger partial charge in [-0.2, -0.15) is 0 Å². The van der Waals surface area contributed by atoms with Crippen molar-refractivity contribution >= 4 is 11.8 Å². The molecule has 1 saturated heterocycles. The summed E-state index contributed by atoms with van der Waals surface area (Å²) < 4.78 is 28.5. The molecule has 0 spiro atoms. The third kappa shape index (κ3) is 4.47. The molecule has 28 heavy (non-hydrogen) atoms. The number of aromatic nitrogens is 2. The van der Waals surface area contributed by atoms with Gasteiger partial charge in [0, 0.05) is 59.2 Å². The Morgan fingerprint density at radius 3 is 2.71 bits per heavy atom. The van der Waals surface area contributed by atoms with Crippen LogP contribution in [0.2, 0.25) is 0 Å². The molecular weight excluding hydrogens is 366 g/mol. The Kier molecular flexibility index (Phi) is 6.23. The molecule has 3 rings (SSSR count). The monoisotopic (exact) mass is 390 g/mol. The van der Waals surface area contributed by atoms with Gasteiger partial charge in [-0.15, -0.1) is 0 Å². The average Bonchev–Trinajstić information content (AvgIpc) is 2.70. The van der Waals surface area contributed by atoms with Gasteiger partial charge in [-0.25, -0.2) is 13.8 Å². The van der Waals surface area contributed by atoms with Gasteiger partial charge < -0.3 is 19.7 Å². The molecule has 7 nitrogen and oxygen atoms in total. The van der Waals surface area contributed by atoms with Crippen molar-refractivity contribution in [1.82, 2.24) is 19.8 Å². The van der Waals surface area contributed by atoms with Gasteiger partial charge in [0.1, 0.15) is 11.6 Å². The van der Waals surface area contributed by atoms with Gasteiger partial charge in [0.15, 0.2) is 11.8 Å². The lowest BCUT2D eigenvalue weighted by molar-refractivity contribution is 0.371. The van der Waals surface area contributed by atoms with E-state index in [1.807, 2.05) is 4.90 Å². The van der Waals surface area contributed by atoms with E-state index in [4.69, 9.17) is 0 Å². The van der Waals surface area contributed by atoms with Gasteiger partial charge >= 0.3 is 0 Å². The second-order valence-electron chi connectivity index (χ2n) is 6.60. The summed E-state index contributed by atoms with van der Waals surface area (Å²) in [5.74, 6) is 0.292. The van der Waals surface area contributed by atoms with Crippen LogP contribution in [0.25, 0.3) is 0 Å². The molecule has 0 atom stereocenters. The van der Waals surface area contributed by atoms with Gasteiger partial charge in [0.25, 0.3) is 5.56 Å². The highest BCUT2D eigenvalue weighted by Crippen LogP contribution is 2.11. The molecule has 1 aliphatic rings. The van der Waals surface area contributed by atoms with Gasteiger partial charge in [0.2, 0.25) is 0 Å². The third-order valence-corrected chi connectivity index (χ3v) is 4.77. The fourth-order valence-corrected chi connectivity index (χ4v) is 3.21. The van der Waals surface area contributed by atoms with Crippen LogP contribution < -0.4 is 15.8 Å². The lowest BCUT2D eigenvalue weighted by atomic mass is 10.1. The maximum Gasteiger partial charge on any atom is 0.293 e. The molecule has 1 aromatic carbocycles. The molecule has 1 aliphatic heterocycles. The largest absolute Gasteiger partial charge is 0.356 e. The molecule has 2 heterocycles. The zero-order valence-electron chi connectivity index (χ0n) is 16.0. The Balaban J connectivity index is 1.54. The number of halogens is 2. The van der Waals surface area contributed by atoms with E-state index >= 15 is 0 Å². The fourth-order valence-electron chi connectivity index (χ4n) is 3.21. The van der Waals surface area contributed by atoms with Gasteiger partial charge in [-0.3, -0.25) is 9.79 Å². The second kappa shape index (κ2) is 8.81. The topological polar surface area (TPSA) is 65.8 Å². The molecule has 0 saturated carbocycles. The maximum absolute atomic E-state index is 13.7. The lowest BCUT2D eigenvalue weighted by Gasteiger charge is -2.36. The predicted molar refractivity (Wildman–Crippen MR) is 105 cm³/mol. The standard InChI is InChI=1S/C19H24F2N6O/c1-22-19(24-6-5-14-13-15(20)3-4-16(14)21)27-11-9-26(10-12-27)17-18(28)25(2)8-7-23-17/h3-4,7-8,13H,5-6,9-12H2,1-2H3,(H,22,24). The van der Waals surface area contributed by atoms with Crippen LogP contribution in [0.5, 0.6) is 0 Å². The summed E-state index contributed by atoms with van der Waals surface area (Å²) in [7, 11) is 3.39. The first-order chi connectivity index (χ1) is 13.5. The van der Waals surface area contributed by atoms with Crippen molar-refractivity contribution in [3.8, 4) is 0 Å². The number of hydrogen-bond donors (Lipinski definition) is 1. The SMILES string of the molecule is CN=C(NCCc1cc(F)ccc1F)N1CCN(c2nccn(C)c2=O)CC1. The van der Waals surface area contributed by atoms with Crippen molar-refractivity contribution in [1.29, 1.82) is 0 Å². The van der Waals surface area contributed by atoms with E-state index in [1.165, 1.54) is 10.6 Å². The molecule has 1 aromatic heterocycles. The molecule has 0 aliphatic carbocycles. The Hall–Kier alpha value is -2.97. The van der Waals surface area contributed by atoms with Crippen LogP contribution in [-0.4, -0.2) is 60.2 Å². The van der Waals surface area contributed by atoms with Crippen molar-refractivity contribution < 1.29 is 8.78 Å². The predicted octanol–water partition coefficient (Wildman–Crippen LogP) is 0.999. The van der Waals surface area contributed by atoms with E-state index in [2.05, 4.69) is 20.2 Å². The van der Waals surface area contributed by atoms with Crippen molar-refractivity contribution in [2.75, 3.05) is 44.7 Å². The van der Waals surface area contributed by atoms with Crippen LogP contribution in [0.4, 0.5) is 14.6 Å². The van der Waals surface area contributed by atoms with Crippen molar-refractivity contribution in [2.45, 2.75) is 6.42 Å². The molecule has 0 radical (unpaired) electrons. The number of anilines is 1. The third-order valence-electron chi connectivity index (χ3n) is 4.77. The lowest BCUT2D eigenvalue weighted by Crippen LogP contribution is -2.53. The van der Waals surface area contributed by atoms with Crippen LogP contribution in [-0.2, 0) is 13.5 Å². The van der Waals surface area contributed by atoms with Gasteiger partial charge in [-0.05, 0) is 30.2 Å². The fraction of sp³-hybridized carbons (Fsp3) is 0.421. The summed E-state index contributed by atoms with van der Waals surface area (Å²) in [5.41, 5.74) is 0.217. The first-order valence-corrected chi connectivity index (χ1v) is 9.15.